The van der Waals surface area contributed by atoms with Gasteiger partial charge in [-0.3, -0.25) is 9.59 Å². The first kappa shape index (κ1) is 21.3. The van der Waals surface area contributed by atoms with Crippen LogP contribution >= 0.6 is 0 Å². The highest BCUT2D eigenvalue weighted by Crippen LogP contribution is 2.32. The number of aromatic amines is 1. The smallest absolute Gasteiger partial charge is 0.339 e. The molecule has 0 aliphatic heterocycles. The van der Waals surface area contributed by atoms with E-state index in [0.717, 1.165) is 0 Å². The zero-order chi connectivity index (χ0) is 22.4. The van der Waals surface area contributed by atoms with Crippen LogP contribution in [0.3, 0.4) is 0 Å². The number of H-pyrrole nitrogens is 1. The molecule has 160 valence electrons. The van der Waals surface area contributed by atoms with E-state index in [2.05, 4.69) is 20.7 Å². The van der Waals surface area contributed by atoms with E-state index in [1.165, 1.54) is 20.3 Å². The van der Waals surface area contributed by atoms with Crippen molar-refractivity contribution in [1.82, 2.24) is 15.4 Å². The number of carbonyl (C=O) groups excluding carboxylic acids is 3. The lowest BCUT2D eigenvalue weighted by molar-refractivity contribution is -0.118. The minimum Gasteiger partial charge on any atom is -0.493 e. The number of nitrogens with two attached hydrogens (primary N) is 1. The fourth-order valence-corrected chi connectivity index (χ4v) is 2.75. The topological polar surface area (TPSA) is 159 Å². The molecule has 11 heteroatoms. The number of hydrogen-bond donors (Lipinski definition) is 3. The van der Waals surface area contributed by atoms with Crippen LogP contribution in [-0.4, -0.2) is 54.0 Å². The predicted molar refractivity (Wildman–Crippen MR) is 109 cm³/mol. The quantitative estimate of drug-likeness (QED) is 0.457. The highest BCUT2D eigenvalue weighted by Gasteiger charge is 2.18. The number of nitrogens with zero attached hydrogens (tertiary/aromatic N) is 2. The summed E-state index contributed by atoms with van der Waals surface area (Å²) in [6.45, 7) is -0.346. The van der Waals surface area contributed by atoms with Gasteiger partial charge in [0.25, 0.3) is 11.8 Å². The number of carbonyl (C=O) groups is 3. The first-order chi connectivity index (χ1) is 14.9. The van der Waals surface area contributed by atoms with Crippen molar-refractivity contribution < 1.29 is 28.6 Å². The van der Waals surface area contributed by atoms with Gasteiger partial charge < -0.3 is 25.3 Å². The summed E-state index contributed by atoms with van der Waals surface area (Å²) in [7, 11) is 2.68. The van der Waals surface area contributed by atoms with Crippen LogP contribution < -0.4 is 20.5 Å². The van der Waals surface area contributed by atoms with Crippen molar-refractivity contribution in [2.24, 2.45) is 5.73 Å². The van der Waals surface area contributed by atoms with Crippen LogP contribution in [0.25, 0.3) is 11.3 Å². The molecule has 0 saturated heterocycles. The summed E-state index contributed by atoms with van der Waals surface area (Å²) in [6.07, 6.45) is 0. The molecule has 0 aliphatic carbocycles. The first-order valence-corrected chi connectivity index (χ1v) is 8.93. The predicted octanol–water partition coefficient (Wildman–Crippen LogP) is 1.38. The van der Waals surface area contributed by atoms with Gasteiger partial charge in [0.2, 0.25) is 0 Å². The molecule has 3 aromatic rings. The Kier molecular flexibility index (Phi) is 6.45. The average molecular weight is 425 g/mol. The fraction of sp³-hybridized carbons (Fsp3) is 0.150. The standard InChI is InChI=1S/C20H19N5O6/c1-29-15-9-11(17-18(19(21)27)24-25-23-17)7-8-14(15)31-10-16(26)22-13-6-4-3-5-12(13)20(28)30-2/h3-9H,10H2,1-2H3,(H2,21,27)(H,22,26)(H,23,24,25). The molecular weight excluding hydrogens is 406 g/mol. The summed E-state index contributed by atoms with van der Waals surface area (Å²) in [5.41, 5.74) is 6.57. The van der Waals surface area contributed by atoms with E-state index in [9.17, 15) is 14.4 Å². The van der Waals surface area contributed by atoms with Crippen LogP contribution in [0.2, 0.25) is 0 Å². The number of hydrogen-bond acceptors (Lipinski definition) is 8. The Morgan fingerprint density at radius 1 is 1.06 bits per heavy atom. The Bertz CT molecular complexity index is 1130. The van der Waals surface area contributed by atoms with Crippen molar-refractivity contribution in [1.29, 1.82) is 0 Å². The fourth-order valence-electron chi connectivity index (χ4n) is 2.75. The lowest BCUT2D eigenvalue weighted by Crippen LogP contribution is -2.22. The minimum atomic E-state index is -0.730. The van der Waals surface area contributed by atoms with Gasteiger partial charge in [-0.2, -0.15) is 15.4 Å². The molecule has 0 fully saturated rings. The maximum Gasteiger partial charge on any atom is 0.339 e. The Morgan fingerprint density at radius 2 is 1.84 bits per heavy atom. The van der Waals surface area contributed by atoms with Gasteiger partial charge in [0.1, 0.15) is 5.69 Å². The molecule has 3 rings (SSSR count). The van der Waals surface area contributed by atoms with Crippen molar-refractivity contribution >= 4 is 23.5 Å². The van der Waals surface area contributed by atoms with Crippen LogP contribution in [0, 0.1) is 0 Å². The molecule has 31 heavy (non-hydrogen) atoms. The number of rotatable bonds is 8. The van der Waals surface area contributed by atoms with Crippen molar-refractivity contribution in [2.45, 2.75) is 0 Å². The van der Waals surface area contributed by atoms with Gasteiger partial charge in [0.15, 0.2) is 23.8 Å². The molecule has 11 nitrogen and oxygen atoms in total. The lowest BCUT2D eigenvalue weighted by Gasteiger charge is -2.13. The van der Waals surface area contributed by atoms with E-state index in [-0.39, 0.29) is 29.3 Å². The monoisotopic (exact) mass is 425 g/mol. The summed E-state index contributed by atoms with van der Waals surface area (Å²) in [5.74, 6) is -1.20. The second-order valence-corrected chi connectivity index (χ2v) is 6.12. The molecule has 4 N–H and O–H groups in total. The molecule has 0 radical (unpaired) electrons. The van der Waals surface area contributed by atoms with Crippen LogP contribution in [0.15, 0.2) is 42.5 Å². The SMILES string of the molecule is COC(=O)c1ccccc1NC(=O)COc1ccc(-c2n[nH]nc2C(N)=O)cc1OC. The number of nitrogens with one attached hydrogen (secondary N) is 2. The van der Waals surface area contributed by atoms with Gasteiger partial charge in [-0.1, -0.05) is 12.1 Å². The highest BCUT2D eigenvalue weighted by molar-refractivity contribution is 6.01. The molecule has 0 spiro atoms. The molecule has 0 saturated carbocycles. The van der Waals surface area contributed by atoms with Crippen molar-refractivity contribution in [3.05, 3.63) is 53.7 Å². The summed E-state index contributed by atoms with van der Waals surface area (Å²) in [4.78, 5) is 35.6. The average Bonchev–Trinajstić information content (AvgIpc) is 3.28. The lowest BCUT2D eigenvalue weighted by atomic mass is 10.1. The number of benzene rings is 2. The third-order valence-corrected chi connectivity index (χ3v) is 4.18. The van der Waals surface area contributed by atoms with E-state index >= 15 is 0 Å². The number of methoxy groups -OCH3 is 2. The molecule has 0 aliphatic rings. The molecular formula is C20H19N5O6. The first-order valence-electron chi connectivity index (χ1n) is 8.93. The molecule has 1 heterocycles. The van der Waals surface area contributed by atoms with Gasteiger partial charge in [0, 0.05) is 5.56 Å². The summed E-state index contributed by atoms with van der Waals surface area (Å²) >= 11 is 0. The third-order valence-electron chi connectivity index (χ3n) is 4.18. The Balaban J connectivity index is 1.72. The third kappa shape index (κ3) is 4.78. The van der Waals surface area contributed by atoms with E-state index in [4.69, 9.17) is 19.9 Å². The molecule has 2 amide bonds. The normalized spacial score (nSPS) is 10.3. The summed E-state index contributed by atoms with van der Waals surface area (Å²) < 4.78 is 15.6. The molecule has 0 unspecified atom stereocenters. The Labute approximate surface area is 176 Å². The van der Waals surface area contributed by atoms with E-state index in [0.29, 0.717) is 17.0 Å². The summed E-state index contributed by atoms with van der Waals surface area (Å²) in [6, 6.07) is 11.2. The van der Waals surface area contributed by atoms with Gasteiger partial charge >= 0.3 is 5.97 Å². The van der Waals surface area contributed by atoms with Crippen molar-refractivity contribution in [3.8, 4) is 22.8 Å². The second kappa shape index (κ2) is 9.39. The van der Waals surface area contributed by atoms with Crippen LogP contribution in [-0.2, 0) is 9.53 Å². The number of anilines is 1. The number of amides is 2. The maximum atomic E-state index is 12.3. The van der Waals surface area contributed by atoms with Gasteiger partial charge in [-0.05, 0) is 30.3 Å². The van der Waals surface area contributed by atoms with Crippen LogP contribution in [0.1, 0.15) is 20.8 Å². The number of para-hydroxylation sites is 1. The van der Waals surface area contributed by atoms with Gasteiger partial charge in [-0.15, -0.1) is 0 Å². The van der Waals surface area contributed by atoms with Crippen molar-refractivity contribution in [3.63, 3.8) is 0 Å². The van der Waals surface area contributed by atoms with Crippen LogP contribution in [0.4, 0.5) is 5.69 Å². The Morgan fingerprint density at radius 3 is 2.55 bits per heavy atom. The molecule has 1 aromatic heterocycles. The van der Waals surface area contributed by atoms with E-state index in [1.54, 1.807) is 36.4 Å². The van der Waals surface area contributed by atoms with Crippen LogP contribution in [0.5, 0.6) is 11.5 Å². The van der Waals surface area contributed by atoms with E-state index in [1.807, 2.05) is 0 Å². The second-order valence-electron chi connectivity index (χ2n) is 6.12. The number of aromatic nitrogens is 3. The number of primary amides is 1. The summed E-state index contributed by atoms with van der Waals surface area (Å²) in [5, 5.41) is 12.6. The maximum absolute atomic E-state index is 12.3. The van der Waals surface area contributed by atoms with E-state index < -0.39 is 17.8 Å². The van der Waals surface area contributed by atoms with Gasteiger partial charge in [-0.25, -0.2) is 4.79 Å². The van der Waals surface area contributed by atoms with Gasteiger partial charge in [0.05, 0.1) is 25.5 Å². The zero-order valence-electron chi connectivity index (χ0n) is 16.7. The largest absolute Gasteiger partial charge is 0.493 e. The van der Waals surface area contributed by atoms with Crippen molar-refractivity contribution in [2.75, 3.05) is 26.1 Å². The molecule has 0 atom stereocenters. The number of esters is 1. The number of ether oxygens (including phenoxy) is 3. The molecule has 0 bridgehead atoms. The minimum absolute atomic E-state index is 0.0145. The highest BCUT2D eigenvalue weighted by atomic mass is 16.5. The Hall–Kier alpha value is -4.41. The zero-order valence-corrected chi connectivity index (χ0v) is 16.7. The molecule has 2 aromatic carbocycles.